The molecule has 1 aliphatic heterocycles. The van der Waals surface area contributed by atoms with E-state index in [-0.39, 0.29) is 17.9 Å². The summed E-state index contributed by atoms with van der Waals surface area (Å²) in [4.78, 5) is 28.2. The zero-order valence-corrected chi connectivity index (χ0v) is 18.0. The molecular weight excluding hydrogens is 380 g/mol. The van der Waals surface area contributed by atoms with Crippen molar-refractivity contribution in [3.8, 4) is 5.75 Å². The average molecular weight is 411 g/mol. The predicted molar refractivity (Wildman–Crippen MR) is 110 cm³/mol. The van der Waals surface area contributed by atoms with Crippen LogP contribution in [0, 0.1) is 5.92 Å². The largest absolute Gasteiger partial charge is 0.491 e. The molecule has 0 N–H and O–H groups in total. The van der Waals surface area contributed by atoms with Crippen LogP contribution in [0.3, 0.4) is 0 Å². The lowest BCUT2D eigenvalue weighted by molar-refractivity contribution is -0.133. The van der Waals surface area contributed by atoms with Crippen molar-refractivity contribution in [3.63, 3.8) is 0 Å². The first-order valence-corrected chi connectivity index (χ1v) is 10.1. The third kappa shape index (κ3) is 7.23. The smallest absolute Gasteiger partial charge is 0.410 e. The highest BCUT2D eigenvalue weighted by molar-refractivity contribution is 6.32. The number of carbonyl (C=O) groups excluding carboxylic acids is 2. The van der Waals surface area contributed by atoms with Crippen LogP contribution in [0.5, 0.6) is 5.75 Å². The number of hydrogen-bond acceptors (Lipinski definition) is 4. The summed E-state index contributed by atoms with van der Waals surface area (Å²) in [6, 6.07) is 7.23. The van der Waals surface area contributed by atoms with E-state index in [4.69, 9.17) is 21.1 Å². The van der Waals surface area contributed by atoms with Crippen molar-refractivity contribution >= 4 is 23.6 Å². The zero-order valence-electron chi connectivity index (χ0n) is 17.2. The van der Waals surface area contributed by atoms with Crippen LogP contribution in [0.15, 0.2) is 24.3 Å². The van der Waals surface area contributed by atoms with Gasteiger partial charge >= 0.3 is 6.09 Å². The number of nitrogens with zero attached hydrogens (tertiary/aromatic N) is 2. The van der Waals surface area contributed by atoms with Crippen molar-refractivity contribution in [1.82, 2.24) is 9.80 Å². The molecule has 28 heavy (non-hydrogen) atoms. The van der Waals surface area contributed by atoms with Gasteiger partial charge in [-0.2, -0.15) is 0 Å². The van der Waals surface area contributed by atoms with E-state index in [0.29, 0.717) is 36.9 Å². The number of likely N-dealkylation sites (tertiary alicyclic amines) is 1. The average Bonchev–Trinajstić information content (AvgIpc) is 2.62. The Balaban J connectivity index is 1.77. The summed E-state index contributed by atoms with van der Waals surface area (Å²) in [5.74, 6) is 0.906. The molecule has 0 aliphatic carbocycles. The monoisotopic (exact) mass is 410 g/mol. The van der Waals surface area contributed by atoms with Crippen molar-refractivity contribution in [2.24, 2.45) is 5.92 Å². The molecule has 2 rings (SSSR count). The number of amides is 2. The summed E-state index contributed by atoms with van der Waals surface area (Å²) < 4.78 is 11.0. The van der Waals surface area contributed by atoms with Crippen molar-refractivity contribution in [1.29, 1.82) is 0 Å². The maximum absolute atomic E-state index is 12.5. The molecular formula is C21H31ClN2O4. The molecule has 1 heterocycles. The number of benzene rings is 1. The van der Waals surface area contributed by atoms with Gasteiger partial charge in [0.05, 0.1) is 18.1 Å². The molecule has 7 heteroatoms. The summed E-state index contributed by atoms with van der Waals surface area (Å²) in [6.07, 6.45) is 1.90. The Labute approximate surface area is 172 Å². The van der Waals surface area contributed by atoms with Gasteiger partial charge in [0.2, 0.25) is 5.91 Å². The molecule has 0 bridgehead atoms. The predicted octanol–water partition coefficient (Wildman–Crippen LogP) is 4.21. The van der Waals surface area contributed by atoms with E-state index in [1.807, 2.05) is 37.8 Å². The molecule has 0 saturated carbocycles. The molecule has 1 atom stereocenters. The van der Waals surface area contributed by atoms with Gasteiger partial charge in [0, 0.05) is 26.7 Å². The lowest BCUT2D eigenvalue weighted by Gasteiger charge is -2.35. The summed E-state index contributed by atoms with van der Waals surface area (Å²) in [5.41, 5.74) is -0.512. The number of halogens is 1. The van der Waals surface area contributed by atoms with Gasteiger partial charge in [0.1, 0.15) is 11.4 Å². The molecule has 1 aromatic rings. The fourth-order valence-corrected chi connectivity index (χ4v) is 3.40. The molecule has 156 valence electrons. The number of carbonyl (C=O) groups is 2. The molecule has 1 unspecified atom stereocenters. The molecule has 1 aliphatic rings. The highest BCUT2D eigenvalue weighted by Crippen LogP contribution is 2.23. The minimum atomic E-state index is -0.512. The summed E-state index contributed by atoms with van der Waals surface area (Å²) in [7, 11) is 1.74. The van der Waals surface area contributed by atoms with Gasteiger partial charge in [-0.15, -0.1) is 0 Å². The summed E-state index contributed by atoms with van der Waals surface area (Å²) >= 11 is 6.06. The maximum Gasteiger partial charge on any atom is 0.410 e. The van der Waals surface area contributed by atoms with Gasteiger partial charge in [-0.25, -0.2) is 4.79 Å². The van der Waals surface area contributed by atoms with Crippen molar-refractivity contribution < 1.29 is 19.1 Å². The number of ether oxygens (including phenoxy) is 2. The van der Waals surface area contributed by atoms with Gasteiger partial charge in [0.15, 0.2) is 0 Å². The Morgan fingerprint density at radius 3 is 2.68 bits per heavy atom. The van der Waals surface area contributed by atoms with Crippen molar-refractivity contribution in [2.75, 3.05) is 33.3 Å². The first-order chi connectivity index (χ1) is 13.2. The second kappa shape index (κ2) is 10.0. The van der Waals surface area contributed by atoms with Gasteiger partial charge in [-0.3, -0.25) is 4.79 Å². The number of rotatable bonds is 6. The first kappa shape index (κ1) is 22.3. The highest BCUT2D eigenvalue weighted by atomic mass is 35.5. The molecule has 0 radical (unpaired) electrons. The fourth-order valence-electron chi connectivity index (χ4n) is 3.21. The SMILES string of the molecule is CN(CC1CCCN(C(=O)CCOc2ccccc2Cl)C1)C(=O)OC(C)(C)C. The van der Waals surface area contributed by atoms with E-state index in [9.17, 15) is 9.59 Å². The second-order valence-corrected chi connectivity index (χ2v) is 8.64. The van der Waals surface area contributed by atoms with Gasteiger partial charge in [0.25, 0.3) is 0 Å². The van der Waals surface area contributed by atoms with Gasteiger partial charge in [-0.05, 0) is 51.7 Å². The van der Waals surface area contributed by atoms with E-state index in [1.165, 1.54) is 0 Å². The van der Waals surface area contributed by atoms with Crippen LogP contribution in [0.2, 0.25) is 5.02 Å². The van der Waals surface area contributed by atoms with Crippen LogP contribution in [0.4, 0.5) is 4.79 Å². The van der Waals surface area contributed by atoms with Crippen LogP contribution in [-0.2, 0) is 9.53 Å². The molecule has 0 aromatic heterocycles. The third-order valence-corrected chi connectivity index (χ3v) is 4.83. The van der Waals surface area contributed by atoms with Crippen LogP contribution < -0.4 is 4.74 Å². The fraction of sp³-hybridized carbons (Fsp3) is 0.619. The molecule has 0 spiro atoms. The standard InChI is InChI=1S/C21H31ClN2O4/c1-21(2,3)28-20(26)23(4)14-16-8-7-12-24(15-16)19(25)11-13-27-18-10-6-5-9-17(18)22/h5-6,9-10,16H,7-8,11-15H2,1-4H3. The second-order valence-electron chi connectivity index (χ2n) is 8.24. The van der Waals surface area contributed by atoms with Crippen LogP contribution in [0.1, 0.15) is 40.0 Å². The van der Waals surface area contributed by atoms with Crippen molar-refractivity contribution in [2.45, 2.75) is 45.6 Å². The molecule has 1 saturated heterocycles. The number of para-hydroxylation sites is 1. The molecule has 1 aromatic carbocycles. The summed E-state index contributed by atoms with van der Waals surface area (Å²) in [5, 5.41) is 0.540. The van der Waals surface area contributed by atoms with Crippen LogP contribution >= 0.6 is 11.6 Å². The van der Waals surface area contributed by atoms with E-state index in [0.717, 1.165) is 19.4 Å². The van der Waals surface area contributed by atoms with Crippen LogP contribution in [-0.4, -0.2) is 60.7 Å². The van der Waals surface area contributed by atoms with Gasteiger partial charge in [-0.1, -0.05) is 23.7 Å². The number of piperidine rings is 1. The Bertz CT molecular complexity index is 675. The van der Waals surface area contributed by atoms with Crippen LogP contribution in [0.25, 0.3) is 0 Å². The zero-order chi connectivity index (χ0) is 20.7. The minimum absolute atomic E-state index is 0.0664. The maximum atomic E-state index is 12.5. The molecule has 1 fully saturated rings. The van der Waals surface area contributed by atoms with E-state index in [2.05, 4.69) is 0 Å². The van der Waals surface area contributed by atoms with Crippen molar-refractivity contribution in [3.05, 3.63) is 29.3 Å². The summed E-state index contributed by atoms with van der Waals surface area (Å²) in [6.45, 7) is 7.82. The Morgan fingerprint density at radius 1 is 1.29 bits per heavy atom. The van der Waals surface area contributed by atoms with Gasteiger partial charge < -0.3 is 19.3 Å². The van der Waals surface area contributed by atoms with E-state index in [1.54, 1.807) is 24.1 Å². The van der Waals surface area contributed by atoms with E-state index >= 15 is 0 Å². The highest BCUT2D eigenvalue weighted by Gasteiger charge is 2.27. The quantitative estimate of drug-likeness (QED) is 0.704. The number of hydrogen-bond donors (Lipinski definition) is 0. The molecule has 2 amide bonds. The third-order valence-electron chi connectivity index (χ3n) is 4.52. The minimum Gasteiger partial charge on any atom is -0.491 e. The molecule has 6 nitrogen and oxygen atoms in total. The Kier molecular flexibility index (Phi) is 7.98. The Hall–Kier alpha value is -1.95. The van der Waals surface area contributed by atoms with E-state index < -0.39 is 5.60 Å². The topological polar surface area (TPSA) is 59.1 Å². The normalized spacial score (nSPS) is 17.2. The first-order valence-electron chi connectivity index (χ1n) is 9.75. The lowest BCUT2D eigenvalue weighted by Crippen LogP contribution is -2.45. The lowest BCUT2D eigenvalue weighted by atomic mass is 9.97. The Morgan fingerprint density at radius 2 is 2.00 bits per heavy atom.